The molecular weight excluding hydrogens is 329 g/mol. The molecule has 0 radical (unpaired) electrons. The van der Waals surface area contributed by atoms with Crippen molar-refractivity contribution in [3.8, 4) is 5.75 Å². The molecule has 2 aromatic rings. The summed E-state index contributed by atoms with van der Waals surface area (Å²) < 4.78 is 22.7. The third-order valence-corrected chi connectivity index (χ3v) is 4.95. The van der Waals surface area contributed by atoms with E-state index < -0.39 is 17.1 Å². The van der Waals surface area contributed by atoms with Gasteiger partial charge in [0.1, 0.15) is 11.4 Å². The molecule has 1 aliphatic heterocycles. The number of hydrogen-bond acceptors (Lipinski definition) is 6. The van der Waals surface area contributed by atoms with E-state index in [1.54, 1.807) is 4.90 Å². The van der Waals surface area contributed by atoms with E-state index in [1.807, 2.05) is 0 Å². The fourth-order valence-corrected chi connectivity index (χ4v) is 3.55. The number of aromatic nitrogens is 2. The van der Waals surface area contributed by atoms with Gasteiger partial charge in [-0.1, -0.05) is 0 Å². The van der Waals surface area contributed by atoms with Crippen molar-refractivity contribution >= 4 is 16.6 Å². The first-order valence-corrected chi connectivity index (χ1v) is 8.27. The summed E-state index contributed by atoms with van der Waals surface area (Å²) in [7, 11) is 1.41. The molecule has 1 saturated heterocycles. The Kier molecular flexibility index (Phi) is 3.50. The van der Waals surface area contributed by atoms with Crippen molar-refractivity contribution in [3.05, 3.63) is 32.7 Å². The van der Waals surface area contributed by atoms with Gasteiger partial charge in [-0.3, -0.25) is 9.36 Å². The first-order chi connectivity index (χ1) is 11.9. The van der Waals surface area contributed by atoms with Gasteiger partial charge in [0.05, 0.1) is 18.0 Å². The summed E-state index contributed by atoms with van der Waals surface area (Å²) in [5.41, 5.74) is 4.74. The van der Waals surface area contributed by atoms with E-state index in [0.717, 1.165) is 19.3 Å². The number of nitrogen functional groups attached to an aromatic ring is 1. The highest BCUT2D eigenvalue weighted by molar-refractivity contribution is 5.87. The third-order valence-electron chi connectivity index (χ3n) is 4.95. The number of rotatable bonds is 3. The third kappa shape index (κ3) is 2.30. The molecule has 1 atom stereocenters. The van der Waals surface area contributed by atoms with E-state index in [0.29, 0.717) is 17.8 Å². The Hall–Kier alpha value is -2.55. The van der Waals surface area contributed by atoms with Crippen molar-refractivity contribution < 1.29 is 9.13 Å². The van der Waals surface area contributed by atoms with E-state index in [9.17, 15) is 9.59 Å². The van der Waals surface area contributed by atoms with Crippen molar-refractivity contribution in [2.24, 2.45) is 5.73 Å². The number of methoxy groups -OCH3 is 1. The number of anilines is 1. The van der Waals surface area contributed by atoms with E-state index >= 15 is 4.39 Å². The lowest BCUT2D eigenvalue weighted by Gasteiger charge is -2.23. The average molecular weight is 349 g/mol. The minimum atomic E-state index is -0.737. The first kappa shape index (κ1) is 15.9. The maximum absolute atomic E-state index is 15.5. The molecular formula is C16H20FN5O3. The smallest absolute Gasteiger partial charge is 0.350 e. The van der Waals surface area contributed by atoms with E-state index in [2.05, 4.69) is 0 Å². The predicted octanol–water partition coefficient (Wildman–Crippen LogP) is -0.103. The minimum absolute atomic E-state index is 0.00419. The molecule has 0 spiro atoms. The quantitative estimate of drug-likeness (QED) is 0.749. The largest absolute Gasteiger partial charge is 0.494 e. The lowest BCUT2D eigenvalue weighted by atomic mass is 10.1. The number of halogens is 1. The lowest BCUT2D eigenvalue weighted by Crippen LogP contribution is -2.44. The number of fused-ring (bicyclic) bond motifs is 1. The molecule has 0 amide bonds. The predicted molar refractivity (Wildman–Crippen MR) is 92.2 cm³/mol. The molecule has 0 bridgehead atoms. The van der Waals surface area contributed by atoms with Gasteiger partial charge in [0.2, 0.25) is 0 Å². The molecule has 2 aliphatic rings. The van der Waals surface area contributed by atoms with Gasteiger partial charge in [0, 0.05) is 25.2 Å². The van der Waals surface area contributed by atoms with Gasteiger partial charge < -0.3 is 21.2 Å². The fraction of sp³-hybridized carbons (Fsp3) is 0.500. The van der Waals surface area contributed by atoms with Crippen LogP contribution in [-0.4, -0.2) is 35.5 Å². The second-order valence-corrected chi connectivity index (χ2v) is 6.69. The molecule has 25 heavy (non-hydrogen) atoms. The van der Waals surface area contributed by atoms with Crippen LogP contribution in [0.4, 0.5) is 10.1 Å². The zero-order valence-electron chi connectivity index (χ0n) is 13.9. The molecule has 8 nitrogen and oxygen atoms in total. The Morgan fingerprint density at radius 1 is 1.28 bits per heavy atom. The van der Waals surface area contributed by atoms with Crippen LogP contribution in [0, 0.1) is 5.82 Å². The van der Waals surface area contributed by atoms with Gasteiger partial charge in [-0.05, 0) is 25.3 Å². The van der Waals surface area contributed by atoms with Gasteiger partial charge in [0.15, 0.2) is 5.82 Å². The number of ether oxygens (including phenoxy) is 1. The van der Waals surface area contributed by atoms with Crippen LogP contribution in [-0.2, 0) is 0 Å². The zero-order valence-corrected chi connectivity index (χ0v) is 13.9. The summed E-state index contributed by atoms with van der Waals surface area (Å²) in [6.07, 6.45) is 2.24. The lowest BCUT2D eigenvalue weighted by molar-refractivity contribution is 0.412. The summed E-state index contributed by atoms with van der Waals surface area (Å²) in [6, 6.07) is 1.27. The van der Waals surface area contributed by atoms with Crippen LogP contribution in [0.15, 0.2) is 15.7 Å². The Bertz CT molecular complexity index is 979. The van der Waals surface area contributed by atoms with Crippen LogP contribution in [0.25, 0.3) is 10.9 Å². The van der Waals surface area contributed by atoms with Crippen molar-refractivity contribution in [2.75, 3.05) is 30.9 Å². The molecule has 1 aliphatic carbocycles. The zero-order chi connectivity index (χ0) is 17.9. The van der Waals surface area contributed by atoms with Crippen molar-refractivity contribution in [2.45, 2.75) is 31.3 Å². The first-order valence-electron chi connectivity index (χ1n) is 8.27. The topological polar surface area (TPSA) is 109 Å². The number of nitrogens with two attached hydrogens (primary N) is 2. The highest BCUT2D eigenvalue weighted by Gasteiger charge is 2.33. The molecule has 134 valence electrons. The Morgan fingerprint density at radius 3 is 2.56 bits per heavy atom. The molecule has 1 aromatic carbocycles. The van der Waals surface area contributed by atoms with Gasteiger partial charge in [-0.2, -0.15) is 4.68 Å². The summed E-state index contributed by atoms with van der Waals surface area (Å²) in [6.45, 7) is 1.07. The summed E-state index contributed by atoms with van der Waals surface area (Å²) in [5, 5.41) is 0.0376. The molecule has 9 heteroatoms. The van der Waals surface area contributed by atoms with Gasteiger partial charge >= 0.3 is 5.69 Å². The standard InChI is InChI=1S/C16H20FN5O3/c1-25-11-6-10-13(12(17)14(11)20-5-4-8(18)7-20)21(9-2-3-9)16(24)22(19)15(10)23/h6,8-9H,2-5,7,18-19H2,1H3. The van der Waals surface area contributed by atoms with Crippen LogP contribution in [0.2, 0.25) is 0 Å². The second-order valence-electron chi connectivity index (χ2n) is 6.69. The Labute approximate surface area is 142 Å². The van der Waals surface area contributed by atoms with Crippen LogP contribution >= 0.6 is 0 Å². The summed E-state index contributed by atoms with van der Waals surface area (Å²) in [5.74, 6) is 5.21. The molecule has 4 rings (SSSR count). The highest BCUT2D eigenvalue weighted by Crippen LogP contribution is 2.41. The van der Waals surface area contributed by atoms with E-state index in [1.165, 1.54) is 17.7 Å². The number of nitrogens with zero attached hydrogens (tertiary/aromatic N) is 3. The van der Waals surface area contributed by atoms with Crippen LogP contribution in [0.3, 0.4) is 0 Å². The minimum Gasteiger partial charge on any atom is -0.494 e. The summed E-state index contributed by atoms with van der Waals surface area (Å²) in [4.78, 5) is 26.7. The fourth-order valence-electron chi connectivity index (χ4n) is 3.55. The van der Waals surface area contributed by atoms with Crippen LogP contribution < -0.4 is 32.5 Å². The normalized spacial score (nSPS) is 20.4. The monoisotopic (exact) mass is 349 g/mol. The van der Waals surface area contributed by atoms with E-state index in [-0.39, 0.29) is 34.4 Å². The summed E-state index contributed by atoms with van der Waals surface area (Å²) >= 11 is 0. The second kappa shape index (κ2) is 5.48. The van der Waals surface area contributed by atoms with Gasteiger partial charge in [0.25, 0.3) is 5.56 Å². The molecule has 1 unspecified atom stereocenters. The average Bonchev–Trinajstić information content (AvgIpc) is 3.34. The molecule has 1 aromatic heterocycles. The van der Waals surface area contributed by atoms with Crippen molar-refractivity contribution in [3.63, 3.8) is 0 Å². The molecule has 2 heterocycles. The maximum Gasteiger partial charge on any atom is 0.350 e. The van der Waals surface area contributed by atoms with Crippen LogP contribution in [0.1, 0.15) is 25.3 Å². The van der Waals surface area contributed by atoms with Crippen molar-refractivity contribution in [1.29, 1.82) is 0 Å². The SMILES string of the molecule is COc1cc2c(=O)n(N)c(=O)n(C3CC3)c2c(F)c1N1CCC(N)C1. The van der Waals surface area contributed by atoms with E-state index in [4.69, 9.17) is 16.3 Å². The van der Waals surface area contributed by atoms with Crippen molar-refractivity contribution in [1.82, 2.24) is 9.24 Å². The Morgan fingerprint density at radius 2 is 2.00 bits per heavy atom. The molecule has 4 N–H and O–H groups in total. The Balaban J connectivity index is 2.09. The van der Waals surface area contributed by atoms with Gasteiger partial charge in [-0.25, -0.2) is 9.18 Å². The molecule has 1 saturated carbocycles. The maximum atomic E-state index is 15.5. The number of hydrogen-bond donors (Lipinski definition) is 2. The van der Waals surface area contributed by atoms with Crippen LogP contribution in [0.5, 0.6) is 5.75 Å². The number of benzene rings is 1. The molecule has 2 fully saturated rings. The van der Waals surface area contributed by atoms with Gasteiger partial charge in [-0.15, -0.1) is 0 Å². The highest BCUT2D eigenvalue weighted by atomic mass is 19.1.